The van der Waals surface area contributed by atoms with Crippen molar-refractivity contribution >= 4 is 0 Å². The minimum absolute atomic E-state index is 0.325. The monoisotopic (exact) mass is 240 g/mol. The molecule has 18 heavy (non-hydrogen) atoms. The van der Waals surface area contributed by atoms with Crippen LogP contribution in [0.4, 0.5) is 0 Å². The van der Waals surface area contributed by atoms with E-state index in [-0.39, 0.29) is 0 Å². The van der Waals surface area contributed by atoms with Gasteiger partial charge < -0.3 is 5.32 Å². The summed E-state index contributed by atoms with van der Waals surface area (Å²) in [7, 11) is 2.00. The van der Waals surface area contributed by atoms with E-state index in [4.69, 9.17) is 0 Å². The fourth-order valence-corrected chi connectivity index (χ4v) is 2.10. The van der Waals surface area contributed by atoms with Crippen molar-refractivity contribution in [3.8, 4) is 0 Å². The van der Waals surface area contributed by atoms with Crippen molar-refractivity contribution in [2.24, 2.45) is 0 Å². The topological polar surface area (TPSA) is 24.9 Å². The average Bonchev–Trinajstić information content (AvgIpc) is 2.46. The summed E-state index contributed by atoms with van der Waals surface area (Å²) in [5, 5.41) is 3.36. The first-order valence-electron chi connectivity index (χ1n) is 6.49. The molecule has 0 bridgehead atoms. The summed E-state index contributed by atoms with van der Waals surface area (Å²) in [6.45, 7) is 2.18. The lowest BCUT2D eigenvalue weighted by molar-refractivity contribution is 0.584. The Balaban J connectivity index is 2.12. The molecule has 2 aromatic rings. The van der Waals surface area contributed by atoms with Crippen LogP contribution in [0.25, 0.3) is 0 Å². The van der Waals surface area contributed by atoms with Crippen LogP contribution in [0.2, 0.25) is 0 Å². The van der Waals surface area contributed by atoms with E-state index in [9.17, 15) is 0 Å². The second-order valence-electron chi connectivity index (χ2n) is 4.46. The van der Waals surface area contributed by atoms with Gasteiger partial charge in [-0.05, 0) is 36.7 Å². The molecule has 1 aromatic heterocycles. The van der Waals surface area contributed by atoms with Crippen molar-refractivity contribution in [1.82, 2.24) is 10.3 Å². The smallest absolute Gasteiger partial charge is 0.0422 e. The second-order valence-corrected chi connectivity index (χ2v) is 4.46. The summed E-state index contributed by atoms with van der Waals surface area (Å²) in [4.78, 5) is 4.39. The molecule has 0 aliphatic rings. The minimum Gasteiger partial charge on any atom is -0.313 e. The molecule has 0 fully saturated rings. The Kier molecular flexibility index (Phi) is 4.48. The van der Waals surface area contributed by atoms with Crippen molar-refractivity contribution in [1.29, 1.82) is 0 Å². The van der Waals surface area contributed by atoms with E-state index in [1.807, 2.05) is 25.4 Å². The molecule has 2 nitrogen and oxygen atoms in total. The number of nitrogens with one attached hydrogen (secondary N) is 1. The van der Waals surface area contributed by atoms with Gasteiger partial charge in [-0.25, -0.2) is 0 Å². The van der Waals surface area contributed by atoms with E-state index in [0.29, 0.717) is 6.04 Å². The Bertz CT molecular complexity index is 462. The normalized spacial score (nSPS) is 12.3. The zero-order valence-corrected chi connectivity index (χ0v) is 11.1. The summed E-state index contributed by atoms with van der Waals surface area (Å²) in [5.41, 5.74) is 3.82. The molecular formula is C16H20N2. The first-order valence-corrected chi connectivity index (χ1v) is 6.49. The molecule has 0 saturated carbocycles. The van der Waals surface area contributed by atoms with Gasteiger partial charge in [0, 0.05) is 24.4 Å². The Morgan fingerprint density at radius 2 is 1.89 bits per heavy atom. The van der Waals surface area contributed by atoms with Crippen LogP contribution in [0, 0.1) is 0 Å². The zero-order valence-electron chi connectivity index (χ0n) is 11.1. The van der Waals surface area contributed by atoms with Gasteiger partial charge in [0.2, 0.25) is 0 Å². The number of hydrogen-bond donors (Lipinski definition) is 1. The van der Waals surface area contributed by atoms with Crippen molar-refractivity contribution in [3.63, 3.8) is 0 Å². The quantitative estimate of drug-likeness (QED) is 0.868. The number of nitrogens with zero attached hydrogens (tertiary/aromatic N) is 1. The van der Waals surface area contributed by atoms with Crippen molar-refractivity contribution in [2.45, 2.75) is 25.8 Å². The van der Waals surface area contributed by atoms with Crippen LogP contribution < -0.4 is 5.32 Å². The lowest BCUT2D eigenvalue weighted by Crippen LogP contribution is -2.19. The third kappa shape index (κ3) is 3.17. The van der Waals surface area contributed by atoms with Crippen LogP contribution in [-0.4, -0.2) is 12.0 Å². The van der Waals surface area contributed by atoms with Crippen molar-refractivity contribution < 1.29 is 0 Å². The number of hydrogen-bond acceptors (Lipinski definition) is 2. The van der Waals surface area contributed by atoms with Crippen molar-refractivity contribution in [3.05, 3.63) is 65.5 Å². The van der Waals surface area contributed by atoms with E-state index in [1.54, 1.807) is 0 Å². The van der Waals surface area contributed by atoms with Gasteiger partial charge in [0.25, 0.3) is 0 Å². The third-order valence-corrected chi connectivity index (χ3v) is 3.28. The van der Waals surface area contributed by atoms with Crippen LogP contribution in [0.5, 0.6) is 0 Å². The highest BCUT2D eigenvalue weighted by Gasteiger charge is 2.10. The van der Waals surface area contributed by atoms with Crippen LogP contribution >= 0.6 is 0 Å². The van der Waals surface area contributed by atoms with Gasteiger partial charge in [0.1, 0.15) is 0 Å². The molecule has 0 radical (unpaired) electrons. The number of pyridine rings is 1. The summed E-state index contributed by atoms with van der Waals surface area (Å²) < 4.78 is 0. The van der Waals surface area contributed by atoms with Crippen molar-refractivity contribution in [2.75, 3.05) is 7.05 Å². The SMILES string of the molecule is CCc1ccc(C(Cc2ccccn2)NC)cc1. The molecule has 1 atom stereocenters. The van der Waals surface area contributed by atoms with Gasteiger partial charge in [-0.2, -0.15) is 0 Å². The fraction of sp³-hybridized carbons (Fsp3) is 0.312. The molecule has 1 N–H and O–H groups in total. The van der Waals surface area contributed by atoms with Crippen LogP contribution in [0.1, 0.15) is 29.8 Å². The standard InChI is InChI=1S/C16H20N2/c1-3-13-7-9-14(10-8-13)16(17-2)12-15-6-4-5-11-18-15/h4-11,16-17H,3,12H2,1-2H3. The first kappa shape index (κ1) is 12.8. The molecule has 1 aromatic carbocycles. The minimum atomic E-state index is 0.325. The number of rotatable bonds is 5. The Hall–Kier alpha value is -1.67. The number of aryl methyl sites for hydroxylation is 1. The maximum atomic E-state index is 4.39. The number of aromatic nitrogens is 1. The highest BCUT2D eigenvalue weighted by atomic mass is 14.9. The molecule has 2 heteroatoms. The predicted octanol–water partition coefficient (Wildman–Crippen LogP) is 3.15. The largest absolute Gasteiger partial charge is 0.313 e. The van der Waals surface area contributed by atoms with Gasteiger partial charge in [-0.3, -0.25) is 4.98 Å². The predicted molar refractivity (Wildman–Crippen MR) is 75.6 cm³/mol. The van der Waals surface area contributed by atoms with Crippen LogP contribution in [0.3, 0.4) is 0 Å². The second kappa shape index (κ2) is 6.31. The van der Waals surface area contributed by atoms with Gasteiger partial charge in [0.15, 0.2) is 0 Å². The molecule has 0 aliphatic carbocycles. The summed E-state index contributed by atoms with van der Waals surface area (Å²) in [6.07, 6.45) is 3.86. The molecule has 0 amide bonds. The molecule has 0 spiro atoms. The highest BCUT2D eigenvalue weighted by molar-refractivity contribution is 5.26. The molecule has 2 rings (SSSR count). The first-order chi connectivity index (χ1) is 8.83. The zero-order chi connectivity index (χ0) is 12.8. The number of likely N-dealkylation sites (N-methyl/N-ethyl adjacent to an activating group) is 1. The van der Waals surface area contributed by atoms with Gasteiger partial charge in [0.05, 0.1) is 0 Å². The summed E-state index contributed by atoms with van der Waals surface area (Å²) in [5.74, 6) is 0. The molecule has 0 saturated heterocycles. The molecule has 1 heterocycles. The van der Waals surface area contributed by atoms with E-state index in [0.717, 1.165) is 18.5 Å². The summed E-state index contributed by atoms with van der Waals surface area (Å²) >= 11 is 0. The van der Waals surface area contributed by atoms with E-state index in [2.05, 4.69) is 47.6 Å². The lowest BCUT2D eigenvalue weighted by atomic mass is 10.00. The van der Waals surface area contributed by atoms with Gasteiger partial charge in [-0.1, -0.05) is 37.3 Å². The lowest BCUT2D eigenvalue weighted by Gasteiger charge is -2.16. The molecule has 1 unspecified atom stereocenters. The summed E-state index contributed by atoms with van der Waals surface area (Å²) in [6, 6.07) is 15.2. The maximum Gasteiger partial charge on any atom is 0.0422 e. The average molecular weight is 240 g/mol. The molecule has 94 valence electrons. The van der Waals surface area contributed by atoms with Gasteiger partial charge in [-0.15, -0.1) is 0 Å². The van der Waals surface area contributed by atoms with E-state index in [1.165, 1.54) is 11.1 Å². The molecular weight excluding hydrogens is 220 g/mol. The third-order valence-electron chi connectivity index (χ3n) is 3.28. The fourth-order valence-electron chi connectivity index (χ4n) is 2.10. The Morgan fingerprint density at radius 1 is 1.11 bits per heavy atom. The number of benzene rings is 1. The maximum absolute atomic E-state index is 4.39. The van der Waals surface area contributed by atoms with Crippen LogP contribution in [-0.2, 0) is 12.8 Å². The van der Waals surface area contributed by atoms with Gasteiger partial charge >= 0.3 is 0 Å². The van der Waals surface area contributed by atoms with Crippen LogP contribution in [0.15, 0.2) is 48.7 Å². The Labute approximate surface area is 109 Å². The Morgan fingerprint density at radius 3 is 2.44 bits per heavy atom. The molecule has 0 aliphatic heterocycles. The van der Waals surface area contributed by atoms with E-state index < -0.39 is 0 Å². The van der Waals surface area contributed by atoms with E-state index >= 15 is 0 Å². The highest BCUT2D eigenvalue weighted by Crippen LogP contribution is 2.17.